The van der Waals surface area contributed by atoms with E-state index < -0.39 is 0 Å². The van der Waals surface area contributed by atoms with E-state index >= 15 is 0 Å². The smallest absolute Gasteiger partial charge is 0.251 e. The van der Waals surface area contributed by atoms with E-state index in [1.54, 1.807) is 7.05 Å². The number of nitrogens with one attached hydrogen (secondary N) is 3. The molecular formula is C21H36N4O2. The van der Waals surface area contributed by atoms with Crippen molar-refractivity contribution in [2.24, 2.45) is 10.9 Å². The first-order valence-electron chi connectivity index (χ1n) is 9.88. The lowest BCUT2D eigenvalue weighted by atomic mass is 10.1. The van der Waals surface area contributed by atoms with Gasteiger partial charge in [0.2, 0.25) is 0 Å². The van der Waals surface area contributed by atoms with Crippen molar-refractivity contribution in [2.75, 3.05) is 26.8 Å². The average molecular weight is 377 g/mol. The number of ether oxygens (including phenoxy) is 1. The minimum Gasteiger partial charge on any atom is -0.381 e. The Morgan fingerprint density at radius 1 is 1.22 bits per heavy atom. The number of carbonyl (C=O) groups is 1. The molecular weight excluding hydrogens is 340 g/mol. The maximum Gasteiger partial charge on any atom is 0.251 e. The van der Waals surface area contributed by atoms with Crippen LogP contribution in [0.2, 0.25) is 0 Å². The van der Waals surface area contributed by atoms with Crippen molar-refractivity contribution in [3.05, 3.63) is 35.4 Å². The third kappa shape index (κ3) is 9.99. The second-order valence-electron chi connectivity index (χ2n) is 7.16. The van der Waals surface area contributed by atoms with Crippen LogP contribution in [0.4, 0.5) is 0 Å². The highest BCUT2D eigenvalue weighted by Gasteiger charge is 2.09. The van der Waals surface area contributed by atoms with Gasteiger partial charge in [-0.3, -0.25) is 9.79 Å². The van der Waals surface area contributed by atoms with Crippen LogP contribution >= 0.6 is 0 Å². The first-order valence-corrected chi connectivity index (χ1v) is 9.88. The molecule has 1 amide bonds. The van der Waals surface area contributed by atoms with Gasteiger partial charge in [0.15, 0.2) is 5.96 Å². The Kier molecular flexibility index (Phi) is 11.2. The van der Waals surface area contributed by atoms with Crippen molar-refractivity contribution >= 4 is 11.9 Å². The Balaban J connectivity index is 2.40. The van der Waals surface area contributed by atoms with Crippen molar-refractivity contribution in [1.29, 1.82) is 0 Å². The maximum absolute atomic E-state index is 12.3. The molecule has 0 fully saturated rings. The summed E-state index contributed by atoms with van der Waals surface area (Å²) >= 11 is 0. The van der Waals surface area contributed by atoms with Crippen LogP contribution < -0.4 is 16.0 Å². The van der Waals surface area contributed by atoms with Gasteiger partial charge >= 0.3 is 0 Å². The number of amides is 1. The van der Waals surface area contributed by atoms with Crippen LogP contribution in [0.5, 0.6) is 0 Å². The molecule has 0 heterocycles. The minimum atomic E-state index is -0.0323. The summed E-state index contributed by atoms with van der Waals surface area (Å²) in [6.45, 7) is 11.3. The quantitative estimate of drug-likeness (QED) is 0.315. The number of rotatable bonds is 11. The lowest BCUT2D eigenvalue weighted by Crippen LogP contribution is -2.37. The van der Waals surface area contributed by atoms with Gasteiger partial charge in [-0.1, -0.05) is 32.9 Å². The zero-order chi connectivity index (χ0) is 20.1. The topological polar surface area (TPSA) is 74.8 Å². The first kappa shape index (κ1) is 23.0. The number of aliphatic imine (C=N–C) groups is 1. The second-order valence-corrected chi connectivity index (χ2v) is 7.16. The number of guanidine groups is 1. The molecule has 27 heavy (non-hydrogen) atoms. The molecule has 0 radical (unpaired) electrons. The second kappa shape index (κ2) is 13.1. The third-order valence-electron chi connectivity index (χ3n) is 4.07. The van der Waals surface area contributed by atoms with Gasteiger partial charge < -0.3 is 20.7 Å². The highest BCUT2D eigenvalue weighted by atomic mass is 16.5. The highest BCUT2D eigenvalue weighted by Crippen LogP contribution is 2.06. The molecule has 3 N–H and O–H groups in total. The van der Waals surface area contributed by atoms with Crippen LogP contribution in [-0.4, -0.2) is 44.7 Å². The fraction of sp³-hybridized carbons (Fsp3) is 0.619. The number of carbonyl (C=O) groups excluding carboxylic acids is 1. The summed E-state index contributed by atoms with van der Waals surface area (Å²) in [5, 5.41) is 9.55. The summed E-state index contributed by atoms with van der Waals surface area (Å²) in [6, 6.07) is 7.83. The average Bonchev–Trinajstić information content (AvgIpc) is 2.66. The molecule has 0 aliphatic carbocycles. The number of hydrogen-bond acceptors (Lipinski definition) is 3. The fourth-order valence-corrected chi connectivity index (χ4v) is 2.34. The molecule has 0 aliphatic heterocycles. The van der Waals surface area contributed by atoms with Gasteiger partial charge in [0.25, 0.3) is 5.91 Å². The molecule has 1 aromatic rings. The van der Waals surface area contributed by atoms with E-state index in [4.69, 9.17) is 4.74 Å². The lowest BCUT2D eigenvalue weighted by molar-refractivity contribution is 0.0939. The fourth-order valence-electron chi connectivity index (χ4n) is 2.34. The van der Waals surface area contributed by atoms with E-state index in [1.807, 2.05) is 31.2 Å². The van der Waals surface area contributed by atoms with Crippen LogP contribution in [0.15, 0.2) is 29.3 Å². The van der Waals surface area contributed by atoms with E-state index in [1.165, 1.54) is 0 Å². The summed E-state index contributed by atoms with van der Waals surface area (Å²) in [6.07, 6.45) is 1.84. The Morgan fingerprint density at radius 3 is 2.67 bits per heavy atom. The van der Waals surface area contributed by atoms with E-state index in [0.717, 1.165) is 44.1 Å². The largest absolute Gasteiger partial charge is 0.381 e. The standard InChI is InChI=1S/C21H36N4O2/c1-6-17(4)25-20(26)19-10-7-9-18(13-19)14-24-21(22-5)23-11-8-12-27-15-16(2)3/h7,9-10,13,16-17H,6,8,11-12,14-15H2,1-5H3,(H,25,26)(H2,22,23,24). The number of benzene rings is 1. The van der Waals surface area contributed by atoms with Crippen molar-refractivity contribution < 1.29 is 9.53 Å². The van der Waals surface area contributed by atoms with Gasteiger partial charge in [-0.2, -0.15) is 0 Å². The van der Waals surface area contributed by atoms with Crippen molar-refractivity contribution in [1.82, 2.24) is 16.0 Å². The molecule has 152 valence electrons. The Labute approximate surface area is 164 Å². The SMILES string of the molecule is CCC(C)NC(=O)c1cccc(CNC(=NC)NCCCOCC(C)C)c1. The molecule has 6 heteroatoms. The summed E-state index contributed by atoms with van der Waals surface area (Å²) < 4.78 is 5.57. The van der Waals surface area contributed by atoms with E-state index in [9.17, 15) is 4.79 Å². The molecule has 1 atom stereocenters. The lowest BCUT2D eigenvalue weighted by Gasteiger charge is -2.14. The number of hydrogen-bond donors (Lipinski definition) is 3. The zero-order valence-electron chi connectivity index (χ0n) is 17.5. The molecule has 1 aromatic carbocycles. The predicted molar refractivity (Wildman–Crippen MR) is 112 cm³/mol. The Hall–Kier alpha value is -2.08. The molecule has 0 spiro atoms. The van der Waals surface area contributed by atoms with Gasteiger partial charge in [0.05, 0.1) is 0 Å². The molecule has 6 nitrogen and oxygen atoms in total. The third-order valence-corrected chi connectivity index (χ3v) is 4.07. The maximum atomic E-state index is 12.3. The van der Waals surface area contributed by atoms with Crippen molar-refractivity contribution in [3.8, 4) is 0 Å². The summed E-state index contributed by atoms with van der Waals surface area (Å²) in [5.74, 6) is 1.28. The number of nitrogens with zero attached hydrogens (tertiary/aromatic N) is 1. The molecule has 0 saturated heterocycles. The molecule has 0 bridgehead atoms. The van der Waals surface area contributed by atoms with Crippen LogP contribution in [0.1, 0.15) is 56.5 Å². The molecule has 1 unspecified atom stereocenters. The van der Waals surface area contributed by atoms with Crippen molar-refractivity contribution in [2.45, 2.75) is 53.1 Å². The summed E-state index contributed by atoms with van der Waals surface area (Å²) in [7, 11) is 1.75. The molecule has 1 rings (SSSR count). The van der Waals surface area contributed by atoms with Gasteiger partial charge in [0.1, 0.15) is 0 Å². The monoisotopic (exact) mass is 376 g/mol. The normalized spacial score (nSPS) is 12.7. The summed E-state index contributed by atoms with van der Waals surface area (Å²) in [5.41, 5.74) is 1.72. The Bertz CT molecular complexity index is 587. The first-order chi connectivity index (χ1) is 13.0. The van der Waals surface area contributed by atoms with Crippen LogP contribution in [-0.2, 0) is 11.3 Å². The van der Waals surface area contributed by atoms with Crippen LogP contribution in [0, 0.1) is 5.92 Å². The van der Waals surface area contributed by atoms with E-state index in [-0.39, 0.29) is 11.9 Å². The van der Waals surface area contributed by atoms with Crippen LogP contribution in [0.25, 0.3) is 0 Å². The van der Waals surface area contributed by atoms with Gasteiger partial charge in [-0.15, -0.1) is 0 Å². The minimum absolute atomic E-state index is 0.0323. The molecule has 0 saturated carbocycles. The zero-order valence-corrected chi connectivity index (χ0v) is 17.5. The molecule has 0 aromatic heterocycles. The molecule has 0 aliphatic rings. The highest BCUT2D eigenvalue weighted by molar-refractivity contribution is 5.94. The Morgan fingerprint density at radius 2 is 2.00 bits per heavy atom. The van der Waals surface area contributed by atoms with Gasteiger partial charge in [-0.05, 0) is 43.4 Å². The van der Waals surface area contributed by atoms with E-state index in [2.05, 4.69) is 41.7 Å². The van der Waals surface area contributed by atoms with Crippen LogP contribution in [0.3, 0.4) is 0 Å². The van der Waals surface area contributed by atoms with E-state index in [0.29, 0.717) is 18.0 Å². The summed E-state index contributed by atoms with van der Waals surface area (Å²) in [4.78, 5) is 16.5. The predicted octanol–water partition coefficient (Wildman–Crippen LogP) is 2.94. The van der Waals surface area contributed by atoms with Gasteiger partial charge in [0, 0.05) is 45.0 Å². The van der Waals surface area contributed by atoms with Crippen molar-refractivity contribution in [3.63, 3.8) is 0 Å². The van der Waals surface area contributed by atoms with Gasteiger partial charge in [-0.25, -0.2) is 0 Å².